The van der Waals surface area contributed by atoms with Crippen molar-refractivity contribution in [2.75, 3.05) is 38.2 Å². The molecule has 0 aliphatic carbocycles. The van der Waals surface area contributed by atoms with E-state index in [1.165, 1.54) is 10.4 Å². The molecule has 166 valence electrons. The Morgan fingerprint density at radius 2 is 1.71 bits per heavy atom. The number of carbonyl (C=O) groups is 1. The first-order chi connectivity index (χ1) is 15.0. The van der Waals surface area contributed by atoms with Crippen LogP contribution in [-0.4, -0.2) is 51.5 Å². The number of fused-ring (bicyclic) bond motifs is 1. The third kappa shape index (κ3) is 5.29. The van der Waals surface area contributed by atoms with Crippen LogP contribution < -0.4 is 19.5 Å². The Balaban J connectivity index is 1.37. The molecule has 0 saturated carbocycles. The molecular formula is C22H26N2O6S. The van der Waals surface area contributed by atoms with Crippen molar-refractivity contribution in [2.45, 2.75) is 30.6 Å². The summed E-state index contributed by atoms with van der Waals surface area (Å²) in [5.74, 6) is 1.32. The average Bonchev–Trinajstić information content (AvgIpc) is 3.08. The number of nitrogens with zero attached hydrogens (tertiary/aromatic N) is 1. The van der Waals surface area contributed by atoms with Crippen molar-refractivity contribution in [3.8, 4) is 17.2 Å². The third-order valence-corrected chi connectivity index (χ3v) is 7.10. The van der Waals surface area contributed by atoms with Gasteiger partial charge in [0.25, 0.3) is 5.91 Å². The highest BCUT2D eigenvalue weighted by Crippen LogP contribution is 2.33. The zero-order valence-corrected chi connectivity index (χ0v) is 18.0. The van der Waals surface area contributed by atoms with Gasteiger partial charge in [0, 0.05) is 24.8 Å². The van der Waals surface area contributed by atoms with Crippen LogP contribution in [0, 0.1) is 0 Å². The second kappa shape index (κ2) is 9.57. The Kier molecular flexibility index (Phi) is 6.62. The monoisotopic (exact) mass is 446 g/mol. The lowest BCUT2D eigenvalue weighted by Gasteiger charge is -2.20. The van der Waals surface area contributed by atoms with E-state index in [4.69, 9.17) is 14.2 Å². The van der Waals surface area contributed by atoms with E-state index >= 15 is 0 Å². The average molecular weight is 447 g/mol. The van der Waals surface area contributed by atoms with Gasteiger partial charge >= 0.3 is 0 Å². The molecule has 8 nitrogen and oxygen atoms in total. The maximum atomic E-state index is 13.0. The number of hydrogen-bond donors (Lipinski definition) is 1. The Morgan fingerprint density at radius 1 is 0.968 bits per heavy atom. The molecule has 9 heteroatoms. The first-order valence-corrected chi connectivity index (χ1v) is 11.9. The summed E-state index contributed by atoms with van der Waals surface area (Å²) >= 11 is 0. The summed E-state index contributed by atoms with van der Waals surface area (Å²) in [5, 5.41) is 2.70. The van der Waals surface area contributed by atoms with Crippen LogP contribution in [0.5, 0.6) is 17.2 Å². The summed E-state index contributed by atoms with van der Waals surface area (Å²) in [6.45, 7) is 1.81. The van der Waals surface area contributed by atoms with Gasteiger partial charge in [-0.15, -0.1) is 0 Å². The molecule has 0 bridgehead atoms. The molecule has 2 aromatic rings. The van der Waals surface area contributed by atoms with Crippen LogP contribution in [0.3, 0.4) is 0 Å². The van der Waals surface area contributed by atoms with Gasteiger partial charge in [-0.3, -0.25) is 4.79 Å². The lowest BCUT2D eigenvalue weighted by atomic mass is 10.2. The van der Waals surface area contributed by atoms with Crippen LogP contribution in [-0.2, 0) is 14.8 Å². The van der Waals surface area contributed by atoms with E-state index in [1.54, 1.807) is 36.4 Å². The largest absolute Gasteiger partial charge is 0.486 e. The third-order valence-electron chi connectivity index (χ3n) is 5.20. The van der Waals surface area contributed by atoms with Gasteiger partial charge in [-0.1, -0.05) is 18.9 Å². The number of nitrogens with one attached hydrogen (secondary N) is 1. The normalized spacial score (nSPS) is 16.9. The van der Waals surface area contributed by atoms with E-state index in [9.17, 15) is 13.2 Å². The van der Waals surface area contributed by atoms with E-state index in [0.717, 1.165) is 25.7 Å². The van der Waals surface area contributed by atoms with Crippen molar-refractivity contribution in [3.05, 3.63) is 42.5 Å². The highest BCUT2D eigenvalue weighted by atomic mass is 32.2. The topological polar surface area (TPSA) is 94.2 Å². The van der Waals surface area contributed by atoms with Crippen LogP contribution in [0.25, 0.3) is 0 Å². The number of sulfonamides is 1. The molecular weight excluding hydrogens is 420 g/mol. The fourth-order valence-corrected chi connectivity index (χ4v) is 5.19. The van der Waals surface area contributed by atoms with Crippen molar-refractivity contribution in [1.82, 2.24) is 4.31 Å². The first-order valence-electron chi connectivity index (χ1n) is 10.4. The van der Waals surface area contributed by atoms with Crippen LogP contribution >= 0.6 is 0 Å². The van der Waals surface area contributed by atoms with Gasteiger partial charge in [-0.2, -0.15) is 4.31 Å². The fourth-order valence-electron chi connectivity index (χ4n) is 3.62. The number of anilines is 1. The number of carbonyl (C=O) groups excluding carboxylic acids is 1. The van der Waals surface area contributed by atoms with E-state index < -0.39 is 10.0 Å². The number of hydrogen-bond acceptors (Lipinski definition) is 6. The number of rotatable bonds is 6. The van der Waals surface area contributed by atoms with Gasteiger partial charge in [0.15, 0.2) is 18.1 Å². The number of ether oxygens (including phenoxy) is 3. The number of benzene rings is 2. The predicted octanol–water partition coefficient (Wildman–Crippen LogP) is 3.04. The van der Waals surface area contributed by atoms with E-state index in [2.05, 4.69) is 5.32 Å². The minimum Gasteiger partial charge on any atom is -0.486 e. The molecule has 1 N–H and O–H groups in total. The molecule has 2 heterocycles. The van der Waals surface area contributed by atoms with Crippen molar-refractivity contribution < 1.29 is 27.4 Å². The van der Waals surface area contributed by atoms with Gasteiger partial charge in [-0.25, -0.2) is 8.42 Å². The van der Waals surface area contributed by atoms with Gasteiger partial charge in [-0.05, 0) is 43.2 Å². The lowest BCUT2D eigenvalue weighted by Crippen LogP contribution is -2.32. The molecule has 0 unspecified atom stereocenters. The van der Waals surface area contributed by atoms with Gasteiger partial charge < -0.3 is 19.5 Å². The molecule has 0 radical (unpaired) electrons. The van der Waals surface area contributed by atoms with Crippen LogP contribution in [0.2, 0.25) is 0 Å². The highest BCUT2D eigenvalue weighted by molar-refractivity contribution is 7.89. The number of amides is 1. The molecule has 4 rings (SSSR count). The smallest absolute Gasteiger partial charge is 0.262 e. The highest BCUT2D eigenvalue weighted by Gasteiger charge is 2.25. The Bertz CT molecular complexity index is 1030. The zero-order valence-electron chi connectivity index (χ0n) is 17.2. The summed E-state index contributed by atoms with van der Waals surface area (Å²) in [6.07, 6.45) is 3.83. The lowest BCUT2D eigenvalue weighted by molar-refractivity contribution is -0.118. The molecule has 31 heavy (non-hydrogen) atoms. The maximum absolute atomic E-state index is 13.0. The van der Waals surface area contributed by atoms with Crippen molar-refractivity contribution >= 4 is 21.6 Å². The Labute approximate surface area is 182 Å². The Hall–Kier alpha value is -2.78. The molecule has 2 aromatic carbocycles. The van der Waals surface area contributed by atoms with Crippen molar-refractivity contribution in [3.63, 3.8) is 0 Å². The minimum absolute atomic E-state index is 0.181. The van der Waals surface area contributed by atoms with Crippen molar-refractivity contribution in [2.24, 2.45) is 0 Å². The molecule has 2 aliphatic heterocycles. The second-order valence-corrected chi connectivity index (χ2v) is 9.43. The Morgan fingerprint density at radius 3 is 2.48 bits per heavy atom. The van der Waals surface area contributed by atoms with Crippen LogP contribution in [0.1, 0.15) is 25.7 Å². The predicted molar refractivity (Wildman–Crippen MR) is 115 cm³/mol. The van der Waals surface area contributed by atoms with E-state index in [0.29, 0.717) is 49.2 Å². The van der Waals surface area contributed by atoms with Gasteiger partial charge in [0.1, 0.15) is 19.0 Å². The molecule has 1 saturated heterocycles. The summed E-state index contributed by atoms with van der Waals surface area (Å²) in [7, 11) is -3.58. The molecule has 0 aromatic heterocycles. The van der Waals surface area contributed by atoms with Crippen molar-refractivity contribution in [1.29, 1.82) is 0 Å². The van der Waals surface area contributed by atoms with Gasteiger partial charge in [0.05, 0.1) is 4.90 Å². The summed E-state index contributed by atoms with van der Waals surface area (Å²) in [5.41, 5.74) is 0.409. The zero-order chi connectivity index (χ0) is 21.7. The van der Waals surface area contributed by atoms with Gasteiger partial charge in [0.2, 0.25) is 10.0 Å². The summed E-state index contributed by atoms with van der Waals surface area (Å²) < 4.78 is 44.0. The SMILES string of the molecule is O=C(COc1ccc2c(c1)OCCO2)Nc1cccc(S(=O)(=O)N2CCCCCC2)c1. The quantitative estimate of drug-likeness (QED) is 0.733. The van der Waals surface area contributed by atoms with E-state index in [1.807, 2.05) is 0 Å². The second-order valence-electron chi connectivity index (χ2n) is 7.49. The standard InChI is InChI=1S/C22H26N2O6S/c25-22(16-30-18-8-9-20-21(15-18)29-13-12-28-20)23-17-6-5-7-19(14-17)31(26,27)24-10-3-1-2-4-11-24/h5-9,14-15H,1-4,10-13,16H2,(H,23,25). The molecule has 2 aliphatic rings. The molecule has 1 amide bonds. The summed E-state index contributed by atoms with van der Waals surface area (Å²) in [4.78, 5) is 12.5. The maximum Gasteiger partial charge on any atom is 0.262 e. The molecule has 0 spiro atoms. The van der Waals surface area contributed by atoms with E-state index in [-0.39, 0.29) is 17.4 Å². The summed E-state index contributed by atoms with van der Waals surface area (Å²) in [6, 6.07) is 11.4. The first kappa shape index (κ1) is 21.5. The fraction of sp³-hybridized carbons (Fsp3) is 0.409. The molecule has 0 atom stereocenters. The van der Waals surface area contributed by atoms with Crippen LogP contribution in [0.4, 0.5) is 5.69 Å². The minimum atomic E-state index is -3.58. The molecule has 1 fully saturated rings. The van der Waals surface area contributed by atoms with Crippen LogP contribution in [0.15, 0.2) is 47.4 Å².